The first-order valence-corrected chi connectivity index (χ1v) is 8.59. The smallest absolute Gasteiger partial charge is 0.343 e. The number of amides is 3. The summed E-state index contributed by atoms with van der Waals surface area (Å²) in [6.07, 6.45) is 0. The van der Waals surface area contributed by atoms with Crippen LogP contribution in [0.2, 0.25) is 10.0 Å². The average molecular weight is 386 g/mol. The maximum Gasteiger partial charge on any atom is 0.343 e. The number of nitrogens with zero attached hydrogens (tertiary/aromatic N) is 1. The molecule has 2 aromatic rings. The first-order chi connectivity index (χ1) is 11.4. The molecule has 0 unspecified atom stereocenters. The van der Waals surface area contributed by atoms with Gasteiger partial charge in [0, 0.05) is 5.56 Å². The molecule has 1 aliphatic heterocycles. The number of carbonyl (C=O) groups is 2. The number of anilines is 1. The second-order valence-electron chi connectivity index (χ2n) is 5.20. The zero-order valence-electron chi connectivity index (χ0n) is 12.8. The first kappa shape index (κ1) is 17.0. The lowest BCUT2D eigenvalue weighted by Gasteiger charge is -2.27. The van der Waals surface area contributed by atoms with Crippen molar-refractivity contribution < 1.29 is 14.3 Å². The zero-order chi connectivity index (χ0) is 17.4. The van der Waals surface area contributed by atoms with Crippen LogP contribution in [0.5, 0.6) is 10.8 Å². The van der Waals surface area contributed by atoms with E-state index in [1.807, 2.05) is 19.2 Å². The highest BCUT2D eigenvalue weighted by atomic mass is 35.5. The number of imide groups is 1. The highest BCUT2D eigenvalue weighted by Crippen LogP contribution is 2.42. The van der Waals surface area contributed by atoms with E-state index in [4.69, 9.17) is 27.9 Å². The highest BCUT2D eigenvalue weighted by Gasteiger charge is 2.25. The molecule has 0 bridgehead atoms. The molecular weight excluding hydrogens is 373 g/mol. The van der Waals surface area contributed by atoms with E-state index in [0.29, 0.717) is 16.5 Å². The number of thiophene rings is 1. The Labute approximate surface area is 152 Å². The number of rotatable bonds is 3. The van der Waals surface area contributed by atoms with Crippen LogP contribution in [0.25, 0.3) is 0 Å². The predicted molar refractivity (Wildman–Crippen MR) is 94.3 cm³/mol. The Bertz CT molecular complexity index is 814. The Morgan fingerprint density at radius 3 is 2.42 bits per heavy atom. The molecule has 9 heteroatoms. The van der Waals surface area contributed by atoms with Crippen molar-refractivity contribution in [3.8, 4) is 10.8 Å². The number of carbonyl (C=O) groups excluding carboxylic acids is 2. The van der Waals surface area contributed by atoms with E-state index in [1.165, 1.54) is 16.3 Å². The Balaban J connectivity index is 1.90. The van der Waals surface area contributed by atoms with E-state index in [2.05, 4.69) is 10.7 Å². The fraction of sp³-hybridized carbons (Fsp3) is 0.200. The standard InChI is InChI=1S/C15H13Cl2N3O3S/c1-7-6-24-14(8(7)2)23-13-10(16)3-9(4-11(13)17)20-15(22)19-12(21)5-18-20/h3-4,6,18H,5H2,1-2H3,(H,19,21,22). The van der Waals surface area contributed by atoms with Gasteiger partial charge in [-0.05, 0) is 36.9 Å². The molecule has 1 fully saturated rings. The van der Waals surface area contributed by atoms with Crippen LogP contribution in [0.3, 0.4) is 0 Å². The molecule has 0 radical (unpaired) electrons. The molecule has 2 N–H and O–H groups in total. The molecule has 24 heavy (non-hydrogen) atoms. The van der Waals surface area contributed by atoms with Crippen molar-refractivity contribution in [2.45, 2.75) is 13.8 Å². The van der Waals surface area contributed by atoms with Crippen molar-refractivity contribution in [3.63, 3.8) is 0 Å². The summed E-state index contributed by atoms with van der Waals surface area (Å²) in [4.78, 5) is 23.1. The molecule has 1 saturated heterocycles. The average Bonchev–Trinajstić information content (AvgIpc) is 2.82. The summed E-state index contributed by atoms with van der Waals surface area (Å²) < 4.78 is 5.84. The van der Waals surface area contributed by atoms with E-state index in [9.17, 15) is 9.59 Å². The van der Waals surface area contributed by atoms with Gasteiger partial charge in [-0.2, -0.15) is 0 Å². The number of aryl methyl sites for hydroxylation is 1. The molecule has 2 heterocycles. The van der Waals surface area contributed by atoms with Crippen molar-refractivity contribution in [3.05, 3.63) is 38.7 Å². The van der Waals surface area contributed by atoms with Crippen LogP contribution in [0.15, 0.2) is 17.5 Å². The van der Waals surface area contributed by atoms with Crippen molar-refractivity contribution >= 4 is 52.2 Å². The number of nitrogens with one attached hydrogen (secondary N) is 2. The van der Waals surface area contributed by atoms with E-state index >= 15 is 0 Å². The molecule has 0 aliphatic carbocycles. The molecule has 0 saturated carbocycles. The first-order valence-electron chi connectivity index (χ1n) is 6.96. The second-order valence-corrected chi connectivity index (χ2v) is 6.85. The Hall–Kier alpha value is -1.80. The summed E-state index contributed by atoms with van der Waals surface area (Å²) in [6, 6.07) is 2.48. The van der Waals surface area contributed by atoms with Gasteiger partial charge in [-0.15, -0.1) is 11.3 Å². The van der Waals surface area contributed by atoms with E-state index in [0.717, 1.165) is 11.1 Å². The van der Waals surface area contributed by atoms with Crippen molar-refractivity contribution in [1.82, 2.24) is 10.7 Å². The topological polar surface area (TPSA) is 70.7 Å². The van der Waals surface area contributed by atoms with Crippen LogP contribution in [0.4, 0.5) is 10.5 Å². The van der Waals surface area contributed by atoms with E-state index in [-0.39, 0.29) is 16.6 Å². The summed E-state index contributed by atoms with van der Waals surface area (Å²) in [6.45, 7) is 3.93. The summed E-state index contributed by atoms with van der Waals surface area (Å²) in [7, 11) is 0. The minimum Gasteiger partial charge on any atom is -0.443 e. The third-order valence-electron chi connectivity index (χ3n) is 3.52. The van der Waals surface area contributed by atoms with Gasteiger partial charge in [-0.3, -0.25) is 10.1 Å². The highest BCUT2D eigenvalue weighted by molar-refractivity contribution is 7.12. The number of halogens is 2. The maximum absolute atomic E-state index is 11.9. The lowest BCUT2D eigenvalue weighted by atomic mass is 10.2. The fourth-order valence-corrected chi connectivity index (χ4v) is 3.58. The third kappa shape index (κ3) is 3.21. The largest absolute Gasteiger partial charge is 0.443 e. The lowest BCUT2D eigenvalue weighted by molar-refractivity contribution is -0.119. The monoisotopic (exact) mass is 385 g/mol. The number of urea groups is 1. The number of ether oxygens (including phenoxy) is 1. The van der Waals surface area contributed by atoms with Gasteiger partial charge in [0.2, 0.25) is 5.91 Å². The van der Waals surface area contributed by atoms with Gasteiger partial charge in [0.1, 0.15) is 0 Å². The number of hydrogen-bond donors (Lipinski definition) is 2. The Morgan fingerprint density at radius 2 is 1.88 bits per heavy atom. The molecule has 0 atom stereocenters. The summed E-state index contributed by atoms with van der Waals surface area (Å²) in [5.74, 6) is -0.0857. The third-order valence-corrected chi connectivity index (χ3v) is 5.16. The normalized spacial score (nSPS) is 14.8. The molecule has 6 nitrogen and oxygen atoms in total. The van der Waals surface area contributed by atoms with Gasteiger partial charge in [-0.25, -0.2) is 15.2 Å². The second kappa shape index (κ2) is 6.60. The molecule has 126 valence electrons. The fourth-order valence-electron chi connectivity index (χ4n) is 2.10. The molecule has 1 aromatic heterocycles. The van der Waals surface area contributed by atoms with Crippen LogP contribution in [-0.4, -0.2) is 18.5 Å². The van der Waals surface area contributed by atoms with E-state index < -0.39 is 11.9 Å². The van der Waals surface area contributed by atoms with Crippen LogP contribution < -0.4 is 20.5 Å². The Kier molecular flexibility index (Phi) is 4.69. The SMILES string of the molecule is Cc1csc(Oc2c(Cl)cc(N3NCC(=O)NC3=O)cc2Cl)c1C. The van der Waals surface area contributed by atoms with Crippen molar-refractivity contribution in [2.24, 2.45) is 0 Å². The van der Waals surface area contributed by atoms with Crippen LogP contribution in [0.1, 0.15) is 11.1 Å². The summed E-state index contributed by atoms with van der Waals surface area (Å²) >= 11 is 14.0. The number of hydrazine groups is 1. The van der Waals surface area contributed by atoms with E-state index in [1.54, 1.807) is 12.1 Å². The number of benzene rings is 1. The van der Waals surface area contributed by atoms with Gasteiger partial charge < -0.3 is 4.74 Å². The van der Waals surface area contributed by atoms with Crippen LogP contribution >= 0.6 is 34.5 Å². The number of hydrogen-bond acceptors (Lipinski definition) is 5. The quantitative estimate of drug-likeness (QED) is 0.836. The predicted octanol–water partition coefficient (Wildman–Crippen LogP) is 4.02. The van der Waals surface area contributed by atoms with Crippen molar-refractivity contribution in [1.29, 1.82) is 0 Å². The molecule has 1 aromatic carbocycles. The minimum atomic E-state index is -0.600. The summed E-state index contributed by atoms with van der Waals surface area (Å²) in [5.41, 5.74) is 5.23. The zero-order valence-corrected chi connectivity index (χ0v) is 15.1. The molecular formula is C15H13Cl2N3O3S. The lowest BCUT2D eigenvalue weighted by Crippen LogP contribution is -2.59. The summed E-state index contributed by atoms with van der Waals surface area (Å²) in [5, 5.41) is 6.59. The van der Waals surface area contributed by atoms with Gasteiger partial charge in [0.25, 0.3) is 0 Å². The van der Waals surface area contributed by atoms with Crippen LogP contribution in [0, 0.1) is 13.8 Å². The van der Waals surface area contributed by atoms with Gasteiger partial charge in [0.05, 0.1) is 22.3 Å². The molecule has 3 rings (SSSR count). The minimum absolute atomic E-state index is 0.0209. The van der Waals surface area contributed by atoms with Crippen LogP contribution in [-0.2, 0) is 4.79 Å². The van der Waals surface area contributed by atoms with Gasteiger partial charge >= 0.3 is 6.03 Å². The molecule has 3 amide bonds. The molecule has 0 spiro atoms. The van der Waals surface area contributed by atoms with Crippen molar-refractivity contribution in [2.75, 3.05) is 11.6 Å². The van der Waals surface area contributed by atoms with Gasteiger partial charge in [0.15, 0.2) is 10.8 Å². The van der Waals surface area contributed by atoms with Gasteiger partial charge in [-0.1, -0.05) is 23.2 Å². The maximum atomic E-state index is 11.9. The molecule has 1 aliphatic rings. The Morgan fingerprint density at radius 1 is 1.21 bits per heavy atom.